The zero-order chi connectivity index (χ0) is 26.8. The number of carbonyl (C=O) groups excluding carboxylic acids is 2. The molecule has 1 aliphatic heterocycles. The van der Waals surface area contributed by atoms with Crippen molar-refractivity contribution in [1.29, 1.82) is 0 Å². The summed E-state index contributed by atoms with van der Waals surface area (Å²) >= 11 is 1.03. The first-order chi connectivity index (χ1) is 18.4. The maximum atomic E-state index is 13.8. The zero-order valence-corrected chi connectivity index (χ0v) is 21.9. The number of aryl methyl sites for hydroxylation is 1. The molecule has 0 aliphatic carbocycles. The molecule has 3 heterocycles. The van der Waals surface area contributed by atoms with Gasteiger partial charge in [-0.1, -0.05) is 61.6 Å². The highest BCUT2D eigenvalue weighted by atomic mass is 32.1. The third-order valence-corrected chi connectivity index (χ3v) is 7.39. The number of benzene rings is 2. The minimum atomic E-state index is -0.800. The lowest BCUT2D eigenvalue weighted by molar-refractivity contribution is 0.0554. The number of nitrogens with zero attached hydrogens (tertiary/aromatic N) is 2. The van der Waals surface area contributed by atoms with Crippen molar-refractivity contribution in [1.82, 2.24) is 4.98 Å². The van der Waals surface area contributed by atoms with Crippen LogP contribution in [0.2, 0.25) is 0 Å². The highest BCUT2D eigenvalue weighted by molar-refractivity contribution is 7.17. The van der Waals surface area contributed by atoms with Gasteiger partial charge >= 0.3 is 5.97 Å². The molecule has 8 nitrogen and oxygen atoms in total. The van der Waals surface area contributed by atoms with Gasteiger partial charge in [0.15, 0.2) is 10.6 Å². The summed E-state index contributed by atoms with van der Waals surface area (Å²) in [5, 5.41) is 0.649. The van der Waals surface area contributed by atoms with Crippen LogP contribution in [0.15, 0.2) is 70.4 Å². The van der Waals surface area contributed by atoms with Gasteiger partial charge in [-0.05, 0) is 43.2 Å². The maximum absolute atomic E-state index is 13.8. The standard InChI is InChI=1S/C29H26N2O6S/c1-4-6-16-35-19-13-11-18(12-14-19)23-22-24(32)20-9-7-8-10-21(20)37-25(22)27(33)31(23)29-30-17(3)26(38-29)28(34)36-15-5-2/h5,7-14,23H,2,4,6,15-16H2,1,3H3. The summed E-state index contributed by atoms with van der Waals surface area (Å²) in [6.45, 7) is 7.99. The van der Waals surface area contributed by atoms with Gasteiger partial charge in [-0.3, -0.25) is 14.5 Å². The van der Waals surface area contributed by atoms with Crippen molar-refractivity contribution in [2.24, 2.45) is 0 Å². The normalized spacial score (nSPS) is 14.5. The largest absolute Gasteiger partial charge is 0.494 e. The van der Waals surface area contributed by atoms with E-state index in [1.54, 1.807) is 31.2 Å². The third kappa shape index (κ3) is 4.50. The number of ether oxygens (including phenoxy) is 2. The SMILES string of the molecule is C=CCOC(=O)c1sc(N2C(=O)c3oc4ccccc4c(=O)c3C2c2ccc(OCCCC)cc2)nc1C. The molecule has 0 spiro atoms. The molecular weight excluding hydrogens is 504 g/mol. The number of thiazole rings is 1. The van der Waals surface area contributed by atoms with Crippen molar-refractivity contribution >= 4 is 39.3 Å². The number of rotatable bonds is 9. The molecule has 0 fully saturated rings. The van der Waals surface area contributed by atoms with Crippen LogP contribution in [0.5, 0.6) is 5.75 Å². The van der Waals surface area contributed by atoms with E-state index in [-0.39, 0.29) is 33.4 Å². The van der Waals surface area contributed by atoms with E-state index in [0.717, 1.165) is 24.2 Å². The predicted octanol–water partition coefficient (Wildman–Crippen LogP) is 5.83. The Labute approximate surface area is 223 Å². The molecule has 1 atom stereocenters. The number of aromatic nitrogens is 1. The second-order valence-electron chi connectivity index (χ2n) is 8.82. The number of anilines is 1. The van der Waals surface area contributed by atoms with Crippen molar-refractivity contribution in [3.8, 4) is 5.75 Å². The molecule has 2 aromatic heterocycles. The summed E-state index contributed by atoms with van der Waals surface area (Å²) < 4.78 is 17.0. The summed E-state index contributed by atoms with van der Waals surface area (Å²) in [6.07, 6.45) is 3.44. The first kappa shape index (κ1) is 25.4. The number of amides is 1. The second-order valence-corrected chi connectivity index (χ2v) is 9.79. The van der Waals surface area contributed by atoms with Crippen molar-refractivity contribution in [2.75, 3.05) is 18.1 Å². The average Bonchev–Trinajstić information content (AvgIpc) is 3.45. The van der Waals surface area contributed by atoms with Gasteiger partial charge in [0, 0.05) is 0 Å². The van der Waals surface area contributed by atoms with Crippen LogP contribution in [-0.4, -0.2) is 30.1 Å². The molecule has 1 unspecified atom stereocenters. The van der Waals surface area contributed by atoms with E-state index in [0.29, 0.717) is 34.6 Å². The van der Waals surface area contributed by atoms with Gasteiger partial charge in [0.2, 0.25) is 5.76 Å². The lowest BCUT2D eigenvalue weighted by Gasteiger charge is -2.22. The van der Waals surface area contributed by atoms with Gasteiger partial charge in [-0.15, -0.1) is 0 Å². The summed E-state index contributed by atoms with van der Waals surface area (Å²) in [7, 11) is 0. The molecule has 0 saturated carbocycles. The van der Waals surface area contributed by atoms with Crippen LogP contribution in [0, 0.1) is 6.92 Å². The Morgan fingerprint density at radius 3 is 2.68 bits per heavy atom. The Kier molecular flexibility index (Phi) is 7.11. The molecule has 38 heavy (non-hydrogen) atoms. The topological polar surface area (TPSA) is 98.9 Å². The van der Waals surface area contributed by atoms with Crippen LogP contribution in [-0.2, 0) is 4.74 Å². The smallest absolute Gasteiger partial charge is 0.350 e. The second kappa shape index (κ2) is 10.6. The van der Waals surface area contributed by atoms with Gasteiger partial charge in [0.05, 0.1) is 29.3 Å². The van der Waals surface area contributed by atoms with Crippen molar-refractivity contribution in [3.05, 3.63) is 98.9 Å². The van der Waals surface area contributed by atoms with Crippen molar-refractivity contribution in [3.63, 3.8) is 0 Å². The Morgan fingerprint density at radius 2 is 1.95 bits per heavy atom. The van der Waals surface area contributed by atoms with E-state index in [1.165, 1.54) is 11.0 Å². The molecule has 0 saturated heterocycles. The number of para-hydroxylation sites is 1. The maximum Gasteiger partial charge on any atom is 0.350 e. The molecule has 5 rings (SSSR count). The molecule has 0 radical (unpaired) electrons. The minimum Gasteiger partial charge on any atom is -0.494 e. The van der Waals surface area contributed by atoms with E-state index in [1.807, 2.05) is 24.3 Å². The van der Waals surface area contributed by atoms with E-state index >= 15 is 0 Å². The van der Waals surface area contributed by atoms with Crippen LogP contribution in [0.4, 0.5) is 5.13 Å². The minimum absolute atomic E-state index is 0.0365. The fourth-order valence-electron chi connectivity index (χ4n) is 4.39. The molecule has 1 amide bonds. The van der Waals surface area contributed by atoms with E-state index in [4.69, 9.17) is 13.9 Å². The monoisotopic (exact) mass is 530 g/mol. The van der Waals surface area contributed by atoms with Gasteiger partial charge in [0.25, 0.3) is 5.91 Å². The summed E-state index contributed by atoms with van der Waals surface area (Å²) in [6, 6.07) is 13.3. The molecule has 0 N–H and O–H groups in total. The van der Waals surface area contributed by atoms with E-state index in [2.05, 4.69) is 18.5 Å². The molecule has 1 aliphatic rings. The van der Waals surface area contributed by atoms with Crippen LogP contribution in [0.25, 0.3) is 11.0 Å². The highest BCUT2D eigenvalue weighted by Crippen LogP contribution is 2.43. The van der Waals surface area contributed by atoms with Gasteiger partial charge in [0.1, 0.15) is 22.8 Å². The van der Waals surface area contributed by atoms with Crippen LogP contribution in [0.3, 0.4) is 0 Å². The fraction of sp³-hybridized carbons (Fsp3) is 0.241. The number of carbonyl (C=O) groups is 2. The molecule has 0 bridgehead atoms. The predicted molar refractivity (Wildman–Crippen MR) is 145 cm³/mol. The van der Waals surface area contributed by atoms with Crippen molar-refractivity contribution < 1.29 is 23.5 Å². The Morgan fingerprint density at radius 1 is 1.18 bits per heavy atom. The molecule has 9 heteroatoms. The van der Waals surface area contributed by atoms with Gasteiger partial charge < -0.3 is 13.9 Å². The zero-order valence-electron chi connectivity index (χ0n) is 21.1. The molecular formula is C29H26N2O6S. The lowest BCUT2D eigenvalue weighted by atomic mass is 9.98. The first-order valence-corrected chi connectivity index (χ1v) is 13.1. The quantitative estimate of drug-likeness (QED) is 0.153. The van der Waals surface area contributed by atoms with E-state index in [9.17, 15) is 14.4 Å². The lowest BCUT2D eigenvalue weighted by Crippen LogP contribution is -2.29. The number of fused-ring (bicyclic) bond motifs is 2. The third-order valence-electron chi connectivity index (χ3n) is 6.25. The summed E-state index contributed by atoms with van der Waals surface area (Å²) in [5.74, 6) is -0.400. The Bertz CT molecular complexity index is 1590. The average molecular weight is 531 g/mol. The number of hydrogen-bond acceptors (Lipinski definition) is 8. The number of esters is 1. The molecule has 2 aromatic carbocycles. The van der Waals surface area contributed by atoms with Crippen LogP contribution < -0.4 is 15.1 Å². The first-order valence-electron chi connectivity index (χ1n) is 12.3. The summed E-state index contributed by atoms with van der Waals surface area (Å²) in [5.41, 5.74) is 1.38. The Balaban J connectivity index is 1.63. The van der Waals surface area contributed by atoms with E-state index < -0.39 is 17.9 Å². The van der Waals surface area contributed by atoms with Crippen LogP contribution >= 0.6 is 11.3 Å². The van der Waals surface area contributed by atoms with Crippen molar-refractivity contribution in [2.45, 2.75) is 32.7 Å². The highest BCUT2D eigenvalue weighted by Gasteiger charge is 2.45. The molecule has 4 aromatic rings. The summed E-state index contributed by atoms with van der Waals surface area (Å²) in [4.78, 5) is 46.3. The van der Waals surface area contributed by atoms with Gasteiger partial charge in [-0.25, -0.2) is 9.78 Å². The number of hydrogen-bond donors (Lipinski definition) is 0. The fourth-order valence-corrected chi connectivity index (χ4v) is 5.38. The molecule has 194 valence electrons. The number of unbranched alkanes of at least 4 members (excludes halogenated alkanes) is 1. The Hall–Kier alpha value is -4.24. The van der Waals surface area contributed by atoms with Gasteiger partial charge in [-0.2, -0.15) is 0 Å². The van der Waals surface area contributed by atoms with Crippen LogP contribution in [0.1, 0.15) is 62.9 Å².